The summed E-state index contributed by atoms with van der Waals surface area (Å²) in [7, 11) is 3.99. The highest BCUT2D eigenvalue weighted by Gasteiger charge is 1.97. The molecule has 66 valence electrons. The van der Waals surface area contributed by atoms with Gasteiger partial charge in [0.05, 0.1) is 12.3 Å². The van der Waals surface area contributed by atoms with Crippen molar-refractivity contribution in [3.63, 3.8) is 0 Å². The van der Waals surface area contributed by atoms with Crippen molar-refractivity contribution in [1.29, 1.82) is 0 Å². The van der Waals surface area contributed by atoms with Crippen molar-refractivity contribution in [2.24, 2.45) is 0 Å². The lowest BCUT2D eigenvalue weighted by molar-refractivity contribution is 0.281. The van der Waals surface area contributed by atoms with E-state index in [-0.39, 0.29) is 6.61 Å². The first-order valence-electron chi connectivity index (χ1n) is 3.92. The maximum absolute atomic E-state index is 8.85. The van der Waals surface area contributed by atoms with Gasteiger partial charge < -0.3 is 10.0 Å². The van der Waals surface area contributed by atoms with Crippen LogP contribution in [0.25, 0.3) is 0 Å². The first kappa shape index (κ1) is 9.16. The number of nitrogens with zero attached hydrogens (tertiary/aromatic N) is 2. The number of hydrogen-bond donors (Lipinski definition) is 1. The van der Waals surface area contributed by atoms with E-state index in [1.807, 2.05) is 31.1 Å². The summed E-state index contributed by atoms with van der Waals surface area (Å²) in [6.07, 6.45) is 1.73. The van der Waals surface area contributed by atoms with Crippen molar-refractivity contribution in [3.05, 3.63) is 29.6 Å². The molecule has 3 heteroatoms. The van der Waals surface area contributed by atoms with E-state index in [0.29, 0.717) is 0 Å². The Morgan fingerprint density at radius 3 is 2.83 bits per heavy atom. The molecule has 0 amide bonds. The van der Waals surface area contributed by atoms with Crippen LogP contribution in [0.3, 0.4) is 0 Å². The maximum atomic E-state index is 8.85. The minimum Gasteiger partial charge on any atom is -0.392 e. The number of aromatic nitrogens is 1. The summed E-state index contributed by atoms with van der Waals surface area (Å²) in [5, 5.41) is 8.85. The van der Waals surface area contributed by atoms with Crippen LogP contribution in [0.15, 0.2) is 18.3 Å². The van der Waals surface area contributed by atoms with Crippen LogP contribution < -0.4 is 0 Å². The molecular formula is C9H14N2O. The Bertz CT molecular complexity index is 248. The van der Waals surface area contributed by atoms with Crippen molar-refractivity contribution < 1.29 is 5.11 Å². The lowest BCUT2D eigenvalue weighted by atomic mass is 10.2. The molecule has 1 rings (SSSR count). The highest BCUT2D eigenvalue weighted by Crippen LogP contribution is 2.02. The number of aliphatic hydroxyl groups excluding tert-OH is 1. The van der Waals surface area contributed by atoms with Gasteiger partial charge in [0, 0.05) is 12.7 Å². The largest absolute Gasteiger partial charge is 0.392 e. The summed E-state index contributed by atoms with van der Waals surface area (Å²) in [4.78, 5) is 6.22. The van der Waals surface area contributed by atoms with Crippen molar-refractivity contribution in [3.8, 4) is 0 Å². The van der Waals surface area contributed by atoms with Crippen LogP contribution in [-0.4, -0.2) is 29.1 Å². The van der Waals surface area contributed by atoms with E-state index in [1.54, 1.807) is 6.20 Å². The Labute approximate surface area is 72.7 Å². The van der Waals surface area contributed by atoms with E-state index < -0.39 is 0 Å². The fourth-order valence-electron chi connectivity index (χ4n) is 1.04. The normalized spacial score (nSPS) is 10.7. The highest BCUT2D eigenvalue weighted by atomic mass is 16.3. The molecule has 1 heterocycles. The quantitative estimate of drug-likeness (QED) is 0.715. The van der Waals surface area contributed by atoms with Gasteiger partial charge in [0.25, 0.3) is 0 Å². The summed E-state index contributed by atoms with van der Waals surface area (Å²) in [6.45, 7) is 0.900. The molecule has 0 atom stereocenters. The van der Waals surface area contributed by atoms with Gasteiger partial charge in [-0.05, 0) is 31.8 Å². The molecule has 12 heavy (non-hydrogen) atoms. The number of rotatable bonds is 3. The van der Waals surface area contributed by atoms with Crippen LogP contribution in [0.4, 0.5) is 0 Å². The zero-order valence-electron chi connectivity index (χ0n) is 7.49. The standard InChI is InChI=1S/C9H14N2O/c1-11(2)6-9-5-8(7-12)3-4-10-9/h3-5,12H,6-7H2,1-2H3. The Morgan fingerprint density at radius 2 is 2.25 bits per heavy atom. The van der Waals surface area contributed by atoms with Crippen molar-refractivity contribution in [2.45, 2.75) is 13.2 Å². The van der Waals surface area contributed by atoms with Crippen molar-refractivity contribution in [1.82, 2.24) is 9.88 Å². The topological polar surface area (TPSA) is 36.4 Å². The third kappa shape index (κ3) is 2.60. The lowest BCUT2D eigenvalue weighted by Gasteiger charge is -2.08. The van der Waals surface area contributed by atoms with E-state index in [9.17, 15) is 0 Å². The van der Waals surface area contributed by atoms with Crippen molar-refractivity contribution in [2.75, 3.05) is 14.1 Å². The Morgan fingerprint density at radius 1 is 1.50 bits per heavy atom. The highest BCUT2D eigenvalue weighted by molar-refractivity contribution is 5.15. The van der Waals surface area contributed by atoms with E-state index >= 15 is 0 Å². The van der Waals surface area contributed by atoms with Gasteiger partial charge in [0.15, 0.2) is 0 Å². The second-order valence-electron chi connectivity index (χ2n) is 3.05. The Hall–Kier alpha value is -0.930. The minimum absolute atomic E-state index is 0.0863. The maximum Gasteiger partial charge on any atom is 0.0683 e. The Balaban J connectivity index is 2.72. The monoisotopic (exact) mass is 166 g/mol. The average molecular weight is 166 g/mol. The lowest BCUT2D eigenvalue weighted by Crippen LogP contribution is -2.11. The molecule has 0 radical (unpaired) electrons. The summed E-state index contributed by atoms with van der Waals surface area (Å²) in [6, 6.07) is 3.74. The van der Waals surface area contributed by atoms with Gasteiger partial charge in [-0.3, -0.25) is 4.98 Å². The molecule has 1 N–H and O–H groups in total. The van der Waals surface area contributed by atoms with Gasteiger partial charge in [0.2, 0.25) is 0 Å². The van der Waals surface area contributed by atoms with Crippen LogP contribution in [0.2, 0.25) is 0 Å². The second-order valence-corrected chi connectivity index (χ2v) is 3.05. The van der Waals surface area contributed by atoms with E-state index in [4.69, 9.17) is 5.11 Å². The van der Waals surface area contributed by atoms with Crippen LogP contribution in [0, 0.1) is 0 Å². The molecule has 0 unspecified atom stereocenters. The van der Waals surface area contributed by atoms with Gasteiger partial charge in [-0.15, -0.1) is 0 Å². The van der Waals surface area contributed by atoms with Gasteiger partial charge >= 0.3 is 0 Å². The molecule has 0 saturated carbocycles. The molecule has 0 spiro atoms. The zero-order chi connectivity index (χ0) is 8.97. The second kappa shape index (κ2) is 4.18. The smallest absolute Gasteiger partial charge is 0.0683 e. The number of aliphatic hydroxyl groups is 1. The molecule has 0 aliphatic rings. The van der Waals surface area contributed by atoms with Crippen LogP contribution in [-0.2, 0) is 13.2 Å². The van der Waals surface area contributed by atoms with Gasteiger partial charge in [-0.2, -0.15) is 0 Å². The van der Waals surface area contributed by atoms with Gasteiger partial charge in [-0.1, -0.05) is 0 Å². The summed E-state index contributed by atoms with van der Waals surface area (Å²) in [5.41, 5.74) is 1.91. The molecule has 0 bridgehead atoms. The summed E-state index contributed by atoms with van der Waals surface area (Å²) >= 11 is 0. The molecule has 0 saturated heterocycles. The van der Waals surface area contributed by atoms with Crippen LogP contribution in [0.5, 0.6) is 0 Å². The molecule has 1 aromatic rings. The molecule has 0 fully saturated rings. The molecule has 1 aromatic heterocycles. The summed E-state index contributed by atoms with van der Waals surface area (Å²) < 4.78 is 0. The SMILES string of the molecule is CN(C)Cc1cc(CO)ccn1. The molecule has 0 aromatic carbocycles. The number of pyridine rings is 1. The molecule has 0 aliphatic heterocycles. The van der Waals surface area contributed by atoms with Crippen molar-refractivity contribution >= 4 is 0 Å². The zero-order valence-corrected chi connectivity index (χ0v) is 7.49. The Kier molecular flexibility index (Phi) is 3.19. The fraction of sp³-hybridized carbons (Fsp3) is 0.444. The molecular weight excluding hydrogens is 152 g/mol. The minimum atomic E-state index is 0.0863. The van der Waals surface area contributed by atoms with Gasteiger partial charge in [0.1, 0.15) is 0 Å². The predicted octanol–water partition coefficient (Wildman–Crippen LogP) is 0.635. The predicted molar refractivity (Wildman–Crippen MR) is 47.6 cm³/mol. The van der Waals surface area contributed by atoms with E-state index in [0.717, 1.165) is 17.8 Å². The first-order chi connectivity index (χ1) is 5.72. The van der Waals surface area contributed by atoms with Crippen LogP contribution in [0.1, 0.15) is 11.3 Å². The molecule has 0 aliphatic carbocycles. The number of hydrogen-bond acceptors (Lipinski definition) is 3. The van der Waals surface area contributed by atoms with E-state index in [2.05, 4.69) is 4.98 Å². The molecule has 3 nitrogen and oxygen atoms in total. The first-order valence-corrected chi connectivity index (χ1v) is 3.92. The summed E-state index contributed by atoms with van der Waals surface area (Å²) in [5.74, 6) is 0. The third-order valence-corrected chi connectivity index (χ3v) is 1.54. The average Bonchev–Trinajstić information content (AvgIpc) is 2.03. The third-order valence-electron chi connectivity index (χ3n) is 1.54. The van der Waals surface area contributed by atoms with Crippen LogP contribution >= 0.6 is 0 Å². The fourth-order valence-corrected chi connectivity index (χ4v) is 1.04. The van der Waals surface area contributed by atoms with Gasteiger partial charge in [-0.25, -0.2) is 0 Å². The van der Waals surface area contributed by atoms with E-state index in [1.165, 1.54) is 0 Å².